The van der Waals surface area contributed by atoms with Crippen LogP contribution in [0.2, 0.25) is 5.02 Å². The first-order valence-corrected chi connectivity index (χ1v) is 6.55. The maximum absolute atomic E-state index is 11.8. The van der Waals surface area contributed by atoms with Crippen LogP contribution in [0, 0.1) is 0 Å². The molecule has 0 fully saturated rings. The van der Waals surface area contributed by atoms with E-state index >= 15 is 0 Å². The van der Waals surface area contributed by atoms with E-state index in [-0.39, 0.29) is 23.6 Å². The number of phenolic OH excluding ortho intramolecular Hbond substituents is 1. The van der Waals surface area contributed by atoms with Gasteiger partial charge in [-0.3, -0.25) is 20.4 Å². The summed E-state index contributed by atoms with van der Waals surface area (Å²) in [5.74, 6) is -0.730. The van der Waals surface area contributed by atoms with Gasteiger partial charge in [-0.2, -0.15) is 0 Å². The maximum Gasteiger partial charge on any atom is 0.271 e. The highest BCUT2D eigenvalue weighted by molar-refractivity contribution is 6.33. The van der Waals surface area contributed by atoms with E-state index in [2.05, 4.69) is 10.9 Å². The lowest BCUT2D eigenvalue weighted by molar-refractivity contribution is -0.121. The Hall–Kier alpha value is -2.53. The van der Waals surface area contributed by atoms with Gasteiger partial charge in [0.1, 0.15) is 5.75 Å². The molecule has 0 radical (unpaired) electrons. The van der Waals surface area contributed by atoms with Gasteiger partial charge in [0.25, 0.3) is 5.91 Å². The van der Waals surface area contributed by atoms with Gasteiger partial charge >= 0.3 is 0 Å². The Labute approximate surface area is 126 Å². The zero-order chi connectivity index (χ0) is 15.2. The largest absolute Gasteiger partial charge is 0.508 e. The molecule has 108 valence electrons. The van der Waals surface area contributed by atoms with Crippen LogP contribution in [-0.2, 0) is 11.2 Å². The fourth-order valence-corrected chi connectivity index (χ4v) is 1.90. The van der Waals surface area contributed by atoms with Crippen LogP contribution in [0.5, 0.6) is 5.75 Å². The minimum atomic E-state index is -0.486. The number of rotatable bonds is 3. The van der Waals surface area contributed by atoms with Crippen molar-refractivity contribution < 1.29 is 14.7 Å². The van der Waals surface area contributed by atoms with Crippen LogP contribution in [0.1, 0.15) is 15.9 Å². The summed E-state index contributed by atoms with van der Waals surface area (Å²) in [4.78, 5) is 23.5. The molecule has 2 rings (SSSR count). The molecule has 2 amide bonds. The van der Waals surface area contributed by atoms with Gasteiger partial charge in [-0.05, 0) is 29.8 Å². The summed E-state index contributed by atoms with van der Waals surface area (Å²) in [6, 6.07) is 12.8. The van der Waals surface area contributed by atoms with Crippen molar-refractivity contribution in [3.63, 3.8) is 0 Å². The fourth-order valence-electron chi connectivity index (χ4n) is 1.68. The zero-order valence-electron chi connectivity index (χ0n) is 11.0. The molecule has 0 aliphatic heterocycles. The molecular weight excluding hydrogens is 292 g/mol. The zero-order valence-corrected chi connectivity index (χ0v) is 11.7. The molecule has 2 aromatic rings. The molecular formula is C15H13ClN2O3. The summed E-state index contributed by atoms with van der Waals surface area (Å²) in [5, 5.41) is 9.46. The molecule has 3 N–H and O–H groups in total. The molecule has 2 aromatic carbocycles. The second-order valence-electron chi connectivity index (χ2n) is 4.33. The van der Waals surface area contributed by atoms with Crippen LogP contribution in [-0.4, -0.2) is 16.9 Å². The standard InChI is InChI=1S/C15H13ClN2O3/c16-13-4-2-1-3-12(13)15(21)18-17-14(20)9-10-5-7-11(19)8-6-10/h1-8,19H,9H2,(H,17,20)(H,18,21). The van der Waals surface area contributed by atoms with E-state index < -0.39 is 5.91 Å². The molecule has 0 aromatic heterocycles. The number of halogens is 1. The smallest absolute Gasteiger partial charge is 0.271 e. The van der Waals surface area contributed by atoms with Crippen molar-refractivity contribution in [2.75, 3.05) is 0 Å². The maximum atomic E-state index is 11.8. The molecule has 0 aliphatic carbocycles. The van der Waals surface area contributed by atoms with Gasteiger partial charge in [-0.15, -0.1) is 0 Å². The molecule has 0 bridgehead atoms. The van der Waals surface area contributed by atoms with E-state index in [9.17, 15) is 9.59 Å². The summed E-state index contributed by atoms with van der Waals surface area (Å²) in [6.45, 7) is 0. The minimum Gasteiger partial charge on any atom is -0.508 e. The van der Waals surface area contributed by atoms with Crippen molar-refractivity contribution in [1.82, 2.24) is 10.9 Å². The van der Waals surface area contributed by atoms with Crippen LogP contribution in [0.3, 0.4) is 0 Å². The number of phenols is 1. The molecule has 0 saturated carbocycles. The Kier molecular flexibility index (Phi) is 4.79. The average Bonchev–Trinajstić information content (AvgIpc) is 2.48. The number of benzene rings is 2. The third-order valence-electron chi connectivity index (χ3n) is 2.73. The van der Waals surface area contributed by atoms with Crippen LogP contribution < -0.4 is 10.9 Å². The number of aromatic hydroxyl groups is 1. The van der Waals surface area contributed by atoms with E-state index in [1.165, 1.54) is 12.1 Å². The molecule has 0 spiro atoms. The van der Waals surface area contributed by atoms with Gasteiger partial charge in [0.2, 0.25) is 5.91 Å². The van der Waals surface area contributed by atoms with Crippen molar-refractivity contribution >= 4 is 23.4 Å². The second kappa shape index (κ2) is 6.76. The Balaban J connectivity index is 1.88. The molecule has 5 nitrogen and oxygen atoms in total. The van der Waals surface area contributed by atoms with Gasteiger partial charge in [0.15, 0.2) is 0 Å². The van der Waals surface area contributed by atoms with E-state index in [1.54, 1.807) is 36.4 Å². The van der Waals surface area contributed by atoms with Gasteiger partial charge in [0, 0.05) is 0 Å². The highest BCUT2D eigenvalue weighted by Crippen LogP contribution is 2.14. The number of hydrogen-bond donors (Lipinski definition) is 3. The predicted molar refractivity (Wildman–Crippen MR) is 78.9 cm³/mol. The summed E-state index contributed by atoms with van der Waals surface area (Å²) >= 11 is 5.88. The van der Waals surface area contributed by atoms with Crippen LogP contribution in [0.25, 0.3) is 0 Å². The van der Waals surface area contributed by atoms with E-state index in [4.69, 9.17) is 16.7 Å². The van der Waals surface area contributed by atoms with Crippen molar-refractivity contribution in [3.8, 4) is 5.75 Å². The van der Waals surface area contributed by atoms with Gasteiger partial charge in [-0.1, -0.05) is 35.9 Å². The van der Waals surface area contributed by atoms with Crippen LogP contribution >= 0.6 is 11.6 Å². The number of hydrazine groups is 1. The highest BCUT2D eigenvalue weighted by Gasteiger charge is 2.10. The first-order chi connectivity index (χ1) is 10.1. The highest BCUT2D eigenvalue weighted by atomic mass is 35.5. The molecule has 21 heavy (non-hydrogen) atoms. The number of hydrogen-bond acceptors (Lipinski definition) is 3. The summed E-state index contributed by atoms with van der Waals surface area (Å²) in [5.41, 5.74) is 5.61. The second-order valence-corrected chi connectivity index (χ2v) is 4.73. The molecule has 0 saturated heterocycles. The quantitative estimate of drug-likeness (QED) is 0.759. The first kappa shape index (κ1) is 14.9. The van der Waals surface area contributed by atoms with Crippen LogP contribution in [0.15, 0.2) is 48.5 Å². The molecule has 6 heteroatoms. The normalized spacial score (nSPS) is 9.95. The summed E-state index contributed by atoms with van der Waals surface area (Å²) in [6.07, 6.45) is 0.0864. The van der Waals surface area contributed by atoms with Crippen molar-refractivity contribution in [3.05, 3.63) is 64.7 Å². The Morgan fingerprint density at radius 1 is 1.00 bits per heavy atom. The van der Waals surface area contributed by atoms with Gasteiger partial charge in [0.05, 0.1) is 17.0 Å². The predicted octanol–water partition coefficient (Wildman–Crippen LogP) is 2.05. The number of carbonyl (C=O) groups excluding carboxylic acids is 2. The third kappa shape index (κ3) is 4.22. The Morgan fingerprint density at radius 3 is 2.33 bits per heavy atom. The van der Waals surface area contributed by atoms with Crippen molar-refractivity contribution in [2.24, 2.45) is 0 Å². The van der Waals surface area contributed by atoms with Gasteiger partial charge in [-0.25, -0.2) is 0 Å². The SMILES string of the molecule is O=C(Cc1ccc(O)cc1)NNC(=O)c1ccccc1Cl. The molecule has 0 heterocycles. The van der Waals surface area contributed by atoms with E-state index in [0.29, 0.717) is 5.02 Å². The molecule has 0 unspecified atom stereocenters. The van der Waals surface area contributed by atoms with Crippen LogP contribution in [0.4, 0.5) is 0 Å². The van der Waals surface area contributed by atoms with Gasteiger partial charge < -0.3 is 5.11 Å². The lowest BCUT2D eigenvalue weighted by Crippen LogP contribution is -2.42. The van der Waals surface area contributed by atoms with Crippen molar-refractivity contribution in [2.45, 2.75) is 6.42 Å². The topological polar surface area (TPSA) is 78.4 Å². The molecule has 0 aliphatic rings. The number of carbonyl (C=O) groups is 2. The number of nitrogens with one attached hydrogen (secondary N) is 2. The Bertz CT molecular complexity index is 656. The van der Waals surface area contributed by atoms with E-state index in [0.717, 1.165) is 5.56 Å². The average molecular weight is 305 g/mol. The monoisotopic (exact) mass is 304 g/mol. The lowest BCUT2D eigenvalue weighted by Gasteiger charge is -2.08. The van der Waals surface area contributed by atoms with E-state index in [1.807, 2.05) is 0 Å². The first-order valence-electron chi connectivity index (χ1n) is 6.18. The Morgan fingerprint density at radius 2 is 1.67 bits per heavy atom. The van der Waals surface area contributed by atoms with Crippen molar-refractivity contribution in [1.29, 1.82) is 0 Å². The summed E-state index contributed by atoms with van der Waals surface area (Å²) in [7, 11) is 0. The third-order valence-corrected chi connectivity index (χ3v) is 3.06. The minimum absolute atomic E-state index is 0.0864. The molecule has 0 atom stereocenters. The summed E-state index contributed by atoms with van der Waals surface area (Å²) < 4.78 is 0. The fraction of sp³-hybridized carbons (Fsp3) is 0.0667. The lowest BCUT2D eigenvalue weighted by atomic mass is 10.1. The number of amides is 2.